The number of ether oxygens (including phenoxy) is 2. The average Bonchev–Trinajstić information content (AvgIpc) is 2.62. The van der Waals surface area contributed by atoms with Gasteiger partial charge < -0.3 is 14.8 Å². The molecule has 2 rings (SSSR count). The maximum atomic E-state index is 12.3. The number of benzene rings is 2. The third-order valence-corrected chi connectivity index (χ3v) is 3.45. The first-order valence-electron chi connectivity index (χ1n) is 7.70. The summed E-state index contributed by atoms with van der Waals surface area (Å²) in [6.07, 6.45) is 0.256. The molecule has 2 aromatic carbocycles. The number of nitrogens with one attached hydrogen (secondary N) is 1. The van der Waals surface area contributed by atoms with Gasteiger partial charge in [-0.15, -0.1) is 0 Å². The molecule has 130 valence electrons. The summed E-state index contributed by atoms with van der Waals surface area (Å²) in [7, 11) is 1.27. The molecule has 0 unspecified atom stereocenters. The molecule has 0 fully saturated rings. The number of methoxy groups -OCH3 is 1. The van der Waals surface area contributed by atoms with Crippen molar-refractivity contribution in [2.75, 3.05) is 7.11 Å². The number of carbonyl (C=O) groups is 3. The van der Waals surface area contributed by atoms with E-state index in [1.54, 1.807) is 54.6 Å². The van der Waals surface area contributed by atoms with Gasteiger partial charge in [0, 0.05) is 18.9 Å². The van der Waals surface area contributed by atoms with Crippen LogP contribution < -0.4 is 10.1 Å². The van der Waals surface area contributed by atoms with Crippen LogP contribution in [0.5, 0.6) is 5.75 Å². The summed E-state index contributed by atoms with van der Waals surface area (Å²) >= 11 is 0. The van der Waals surface area contributed by atoms with Crippen molar-refractivity contribution in [2.45, 2.75) is 19.4 Å². The Balaban J connectivity index is 2.08. The van der Waals surface area contributed by atoms with Crippen LogP contribution in [0.3, 0.4) is 0 Å². The Kier molecular flexibility index (Phi) is 6.28. The summed E-state index contributed by atoms with van der Waals surface area (Å²) in [5.41, 5.74) is 1.25. The van der Waals surface area contributed by atoms with Crippen molar-refractivity contribution in [3.8, 4) is 5.75 Å². The Morgan fingerprint density at radius 2 is 1.64 bits per heavy atom. The zero-order chi connectivity index (χ0) is 18.2. The summed E-state index contributed by atoms with van der Waals surface area (Å²) in [5.74, 6) is -0.879. The monoisotopic (exact) mass is 341 g/mol. The van der Waals surface area contributed by atoms with E-state index in [9.17, 15) is 14.4 Å². The van der Waals surface area contributed by atoms with Crippen molar-refractivity contribution in [3.05, 3.63) is 65.7 Å². The Bertz CT molecular complexity index is 740. The van der Waals surface area contributed by atoms with Crippen LogP contribution in [0.25, 0.3) is 0 Å². The summed E-state index contributed by atoms with van der Waals surface area (Å²) in [4.78, 5) is 35.2. The van der Waals surface area contributed by atoms with Gasteiger partial charge in [-0.2, -0.15) is 0 Å². The SMILES string of the molecule is COC(=O)[C@H](Cc1ccc(OC(C)=O)cc1)NC(=O)c1ccccc1. The standard InChI is InChI=1S/C19H19NO5/c1-13(21)25-16-10-8-14(9-11-16)12-17(19(23)24-2)20-18(22)15-6-4-3-5-7-15/h3-11,17H,12H2,1-2H3,(H,20,22)/t17-/m0/s1. The van der Waals surface area contributed by atoms with E-state index >= 15 is 0 Å². The molecule has 0 radical (unpaired) electrons. The molecule has 1 atom stereocenters. The Morgan fingerprint density at radius 3 is 2.20 bits per heavy atom. The van der Waals surface area contributed by atoms with E-state index in [1.807, 2.05) is 0 Å². The van der Waals surface area contributed by atoms with Gasteiger partial charge in [-0.3, -0.25) is 9.59 Å². The summed E-state index contributed by atoms with van der Waals surface area (Å²) < 4.78 is 9.74. The molecule has 0 aliphatic carbocycles. The zero-order valence-electron chi connectivity index (χ0n) is 14.0. The van der Waals surface area contributed by atoms with E-state index in [4.69, 9.17) is 9.47 Å². The third-order valence-electron chi connectivity index (χ3n) is 3.45. The normalized spacial score (nSPS) is 11.3. The Morgan fingerprint density at radius 1 is 1.00 bits per heavy atom. The van der Waals surface area contributed by atoms with E-state index < -0.39 is 18.0 Å². The van der Waals surface area contributed by atoms with Gasteiger partial charge in [0.1, 0.15) is 11.8 Å². The molecule has 6 heteroatoms. The van der Waals surface area contributed by atoms with Crippen LogP contribution in [0, 0.1) is 0 Å². The molecule has 0 bridgehead atoms. The molecule has 1 amide bonds. The molecule has 0 aliphatic rings. The molecule has 6 nitrogen and oxygen atoms in total. The lowest BCUT2D eigenvalue weighted by molar-refractivity contribution is -0.142. The van der Waals surface area contributed by atoms with Gasteiger partial charge >= 0.3 is 11.9 Å². The fraction of sp³-hybridized carbons (Fsp3) is 0.211. The minimum absolute atomic E-state index is 0.256. The highest BCUT2D eigenvalue weighted by Gasteiger charge is 2.22. The first-order valence-corrected chi connectivity index (χ1v) is 7.70. The quantitative estimate of drug-likeness (QED) is 0.643. The Labute approximate surface area is 145 Å². The van der Waals surface area contributed by atoms with Gasteiger partial charge in [0.05, 0.1) is 7.11 Å². The number of rotatable bonds is 6. The van der Waals surface area contributed by atoms with Crippen molar-refractivity contribution in [3.63, 3.8) is 0 Å². The number of hydrogen-bond acceptors (Lipinski definition) is 5. The fourth-order valence-corrected chi connectivity index (χ4v) is 2.26. The molecule has 0 saturated carbocycles. The lowest BCUT2D eigenvalue weighted by atomic mass is 10.1. The second kappa shape index (κ2) is 8.63. The number of carbonyl (C=O) groups excluding carboxylic acids is 3. The van der Waals surface area contributed by atoms with Crippen molar-refractivity contribution in [1.29, 1.82) is 0 Å². The first-order chi connectivity index (χ1) is 12.0. The van der Waals surface area contributed by atoms with E-state index in [0.29, 0.717) is 11.3 Å². The zero-order valence-corrected chi connectivity index (χ0v) is 14.0. The van der Waals surface area contributed by atoms with E-state index in [2.05, 4.69) is 5.32 Å². The van der Waals surface area contributed by atoms with Crippen molar-refractivity contribution >= 4 is 17.8 Å². The van der Waals surface area contributed by atoms with Crippen LogP contribution in [-0.2, 0) is 20.7 Å². The summed E-state index contributed by atoms with van der Waals surface area (Å²) in [6, 6.07) is 14.5. The molecular formula is C19H19NO5. The molecule has 2 aromatic rings. The van der Waals surface area contributed by atoms with Crippen LogP contribution in [0.4, 0.5) is 0 Å². The smallest absolute Gasteiger partial charge is 0.328 e. The molecule has 0 heterocycles. The van der Waals surface area contributed by atoms with Gasteiger partial charge in [0.2, 0.25) is 0 Å². The van der Waals surface area contributed by atoms with Crippen LogP contribution in [0.1, 0.15) is 22.8 Å². The molecule has 25 heavy (non-hydrogen) atoms. The average molecular weight is 341 g/mol. The fourth-order valence-electron chi connectivity index (χ4n) is 2.26. The molecule has 0 spiro atoms. The number of esters is 2. The minimum atomic E-state index is -0.822. The molecule has 0 aliphatic heterocycles. The van der Waals surface area contributed by atoms with E-state index in [0.717, 1.165) is 5.56 Å². The predicted octanol–water partition coefficient (Wildman–Crippen LogP) is 2.13. The maximum Gasteiger partial charge on any atom is 0.328 e. The highest BCUT2D eigenvalue weighted by molar-refractivity contribution is 5.96. The first kappa shape index (κ1) is 18.2. The van der Waals surface area contributed by atoms with Gasteiger partial charge in [-0.25, -0.2) is 4.79 Å². The van der Waals surface area contributed by atoms with Gasteiger partial charge in [0.15, 0.2) is 0 Å². The molecule has 0 saturated heterocycles. The van der Waals surface area contributed by atoms with Gasteiger partial charge in [-0.1, -0.05) is 30.3 Å². The Hall–Kier alpha value is -3.15. The van der Waals surface area contributed by atoms with Crippen molar-refractivity contribution in [2.24, 2.45) is 0 Å². The van der Waals surface area contributed by atoms with Crippen LogP contribution in [-0.4, -0.2) is 31.0 Å². The number of hydrogen-bond donors (Lipinski definition) is 1. The van der Waals surface area contributed by atoms with Crippen molar-refractivity contribution < 1.29 is 23.9 Å². The van der Waals surface area contributed by atoms with Gasteiger partial charge in [-0.05, 0) is 29.8 Å². The van der Waals surface area contributed by atoms with Crippen LogP contribution in [0.15, 0.2) is 54.6 Å². The minimum Gasteiger partial charge on any atom is -0.467 e. The molecule has 0 aromatic heterocycles. The summed E-state index contributed by atoms with van der Waals surface area (Å²) in [6.45, 7) is 1.32. The number of amides is 1. The second-order valence-electron chi connectivity index (χ2n) is 5.36. The maximum absolute atomic E-state index is 12.3. The lowest BCUT2D eigenvalue weighted by Crippen LogP contribution is -2.43. The predicted molar refractivity (Wildman–Crippen MR) is 91.2 cm³/mol. The lowest BCUT2D eigenvalue weighted by Gasteiger charge is -2.17. The molecular weight excluding hydrogens is 322 g/mol. The highest BCUT2D eigenvalue weighted by Crippen LogP contribution is 2.14. The van der Waals surface area contributed by atoms with E-state index in [1.165, 1.54) is 14.0 Å². The second-order valence-corrected chi connectivity index (χ2v) is 5.36. The van der Waals surface area contributed by atoms with E-state index in [-0.39, 0.29) is 12.3 Å². The largest absolute Gasteiger partial charge is 0.467 e. The van der Waals surface area contributed by atoms with Gasteiger partial charge in [0.25, 0.3) is 5.91 Å². The van der Waals surface area contributed by atoms with Crippen LogP contribution >= 0.6 is 0 Å². The molecule has 1 N–H and O–H groups in total. The highest BCUT2D eigenvalue weighted by atomic mass is 16.5. The summed E-state index contributed by atoms with van der Waals surface area (Å²) in [5, 5.41) is 2.68. The van der Waals surface area contributed by atoms with Crippen LogP contribution in [0.2, 0.25) is 0 Å². The third kappa shape index (κ3) is 5.46. The van der Waals surface area contributed by atoms with Crippen molar-refractivity contribution in [1.82, 2.24) is 5.32 Å². The topological polar surface area (TPSA) is 81.7 Å².